The first-order chi connectivity index (χ1) is 14.7. The summed E-state index contributed by atoms with van der Waals surface area (Å²) >= 11 is 12.0. The molecule has 0 aliphatic carbocycles. The second-order valence-corrected chi connectivity index (χ2v) is 7.87. The number of hydrogen-bond acceptors (Lipinski definition) is 4. The summed E-state index contributed by atoms with van der Waals surface area (Å²) in [6, 6.07) is 16.6. The monoisotopic (exact) mass is 457 g/mol. The summed E-state index contributed by atoms with van der Waals surface area (Å²) in [5.41, 5.74) is 3.00. The SMILES string of the molecule is Cc1ccc(OC(C)C(=O)Oc2ccc(C(=O)Nc3cc(Cl)ccc3Cl)cc2)cc1C. The average molecular weight is 458 g/mol. The van der Waals surface area contributed by atoms with E-state index in [1.807, 2.05) is 32.0 Å². The van der Waals surface area contributed by atoms with Crippen LogP contribution in [0.2, 0.25) is 10.0 Å². The number of ether oxygens (including phenoxy) is 2. The molecule has 0 bridgehead atoms. The van der Waals surface area contributed by atoms with Crippen molar-refractivity contribution in [1.29, 1.82) is 0 Å². The molecule has 1 amide bonds. The van der Waals surface area contributed by atoms with Crippen molar-refractivity contribution in [2.24, 2.45) is 0 Å². The lowest BCUT2D eigenvalue weighted by Gasteiger charge is -2.15. The van der Waals surface area contributed by atoms with E-state index >= 15 is 0 Å². The number of rotatable bonds is 6. The molecule has 0 heterocycles. The number of aryl methyl sites for hydroxylation is 2. The third kappa shape index (κ3) is 6.00. The summed E-state index contributed by atoms with van der Waals surface area (Å²) in [4.78, 5) is 24.8. The predicted octanol–water partition coefficient (Wildman–Crippen LogP) is 6.24. The maximum absolute atomic E-state index is 12.4. The van der Waals surface area contributed by atoms with Crippen LogP contribution in [0.4, 0.5) is 5.69 Å². The zero-order valence-electron chi connectivity index (χ0n) is 17.2. The van der Waals surface area contributed by atoms with Crippen LogP contribution in [0.5, 0.6) is 11.5 Å². The van der Waals surface area contributed by atoms with E-state index in [4.69, 9.17) is 32.7 Å². The van der Waals surface area contributed by atoms with E-state index in [0.717, 1.165) is 11.1 Å². The quantitative estimate of drug-likeness (QED) is 0.351. The molecule has 3 aromatic rings. The Morgan fingerprint density at radius 2 is 1.55 bits per heavy atom. The van der Waals surface area contributed by atoms with E-state index in [2.05, 4.69) is 5.32 Å². The van der Waals surface area contributed by atoms with Crippen molar-refractivity contribution < 1.29 is 19.1 Å². The van der Waals surface area contributed by atoms with Crippen molar-refractivity contribution in [3.8, 4) is 11.5 Å². The van der Waals surface area contributed by atoms with Gasteiger partial charge >= 0.3 is 5.97 Å². The Balaban J connectivity index is 1.60. The first-order valence-corrected chi connectivity index (χ1v) is 10.3. The molecule has 7 heteroatoms. The summed E-state index contributed by atoms with van der Waals surface area (Å²) < 4.78 is 11.0. The molecule has 160 valence electrons. The largest absolute Gasteiger partial charge is 0.479 e. The lowest BCUT2D eigenvalue weighted by atomic mass is 10.1. The summed E-state index contributed by atoms with van der Waals surface area (Å²) in [6.07, 6.45) is -0.796. The van der Waals surface area contributed by atoms with E-state index in [0.29, 0.717) is 32.8 Å². The van der Waals surface area contributed by atoms with Crippen LogP contribution in [-0.2, 0) is 4.79 Å². The second-order valence-electron chi connectivity index (χ2n) is 7.03. The molecule has 0 fully saturated rings. The van der Waals surface area contributed by atoms with Crippen molar-refractivity contribution in [3.63, 3.8) is 0 Å². The van der Waals surface area contributed by atoms with E-state index in [1.165, 1.54) is 12.1 Å². The number of anilines is 1. The second kappa shape index (κ2) is 9.86. The van der Waals surface area contributed by atoms with Gasteiger partial charge in [-0.2, -0.15) is 0 Å². The van der Waals surface area contributed by atoms with Gasteiger partial charge in [0.2, 0.25) is 0 Å². The highest BCUT2D eigenvalue weighted by Gasteiger charge is 2.18. The number of esters is 1. The summed E-state index contributed by atoms with van der Waals surface area (Å²) in [5.74, 6) is -0.00764. The maximum Gasteiger partial charge on any atom is 0.352 e. The van der Waals surface area contributed by atoms with Gasteiger partial charge in [0.1, 0.15) is 11.5 Å². The van der Waals surface area contributed by atoms with Gasteiger partial charge < -0.3 is 14.8 Å². The fraction of sp³-hybridized carbons (Fsp3) is 0.167. The van der Waals surface area contributed by atoms with Crippen molar-refractivity contribution in [1.82, 2.24) is 0 Å². The van der Waals surface area contributed by atoms with Gasteiger partial charge in [0.15, 0.2) is 6.10 Å². The molecule has 1 N–H and O–H groups in total. The molecular weight excluding hydrogens is 437 g/mol. The first-order valence-electron chi connectivity index (χ1n) is 9.55. The van der Waals surface area contributed by atoms with Gasteiger partial charge in [0.05, 0.1) is 10.7 Å². The normalized spacial score (nSPS) is 11.5. The zero-order valence-corrected chi connectivity index (χ0v) is 18.8. The highest BCUT2D eigenvalue weighted by molar-refractivity contribution is 6.35. The molecule has 0 saturated carbocycles. The van der Waals surface area contributed by atoms with Crippen LogP contribution in [0.3, 0.4) is 0 Å². The van der Waals surface area contributed by atoms with Gasteiger partial charge in [-0.15, -0.1) is 0 Å². The van der Waals surface area contributed by atoms with Crippen LogP contribution >= 0.6 is 23.2 Å². The predicted molar refractivity (Wildman–Crippen MR) is 122 cm³/mol. The number of benzene rings is 3. The van der Waals surface area contributed by atoms with Crippen molar-refractivity contribution in [2.45, 2.75) is 26.9 Å². The van der Waals surface area contributed by atoms with Crippen LogP contribution in [0.15, 0.2) is 60.7 Å². The van der Waals surface area contributed by atoms with E-state index in [1.54, 1.807) is 37.3 Å². The standard InChI is InChI=1S/C24H21Cl2NO4/c1-14-4-8-20(12-15(14)2)30-16(3)24(29)31-19-9-5-17(6-10-19)23(28)27-22-13-18(25)7-11-21(22)26/h4-13,16H,1-3H3,(H,27,28). The van der Waals surface area contributed by atoms with E-state index < -0.39 is 12.1 Å². The van der Waals surface area contributed by atoms with Crippen LogP contribution in [0.1, 0.15) is 28.4 Å². The Labute approximate surface area is 190 Å². The minimum atomic E-state index is -0.796. The summed E-state index contributed by atoms with van der Waals surface area (Å²) in [5, 5.41) is 3.53. The smallest absolute Gasteiger partial charge is 0.352 e. The summed E-state index contributed by atoms with van der Waals surface area (Å²) in [6.45, 7) is 5.60. The first kappa shape index (κ1) is 22.7. The van der Waals surface area contributed by atoms with E-state index in [9.17, 15) is 9.59 Å². The minimum Gasteiger partial charge on any atom is -0.479 e. The minimum absolute atomic E-state index is 0.304. The van der Waals surface area contributed by atoms with E-state index in [-0.39, 0.29) is 5.91 Å². The fourth-order valence-electron chi connectivity index (χ4n) is 2.70. The molecule has 5 nitrogen and oxygen atoms in total. The van der Waals surface area contributed by atoms with Gasteiger partial charge in [0, 0.05) is 10.6 Å². The molecule has 0 aromatic heterocycles. The number of amides is 1. The maximum atomic E-state index is 12.4. The third-order valence-electron chi connectivity index (χ3n) is 4.63. The molecule has 31 heavy (non-hydrogen) atoms. The molecule has 3 aromatic carbocycles. The Kier molecular flexibility index (Phi) is 7.21. The summed E-state index contributed by atoms with van der Waals surface area (Å²) in [7, 11) is 0. The molecule has 0 radical (unpaired) electrons. The highest BCUT2D eigenvalue weighted by Crippen LogP contribution is 2.26. The van der Waals surface area contributed by atoms with Crippen molar-refractivity contribution in [3.05, 3.63) is 87.4 Å². The number of hydrogen-bond donors (Lipinski definition) is 1. The molecule has 0 spiro atoms. The highest BCUT2D eigenvalue weighted by atomic mass is 35.5. The Morgan fingerprint density at radius 3 is 2.23 bits per heavy atom. The Hall–Kier alpha value is -3.02. The van der Waals surface area contributed by atoms with Crippen LogP contribution in [0, 0.1) is 13.8 Å². The molecule has 0 aliphatic heterocycles. The van der Waals surface area contributed by atoms with Gasteiger partial charge in [0.25, 0.3) is 5.91 Å². The van der Waals surface area contributed by atoms with Gasteiger partial charge in [-0.25, -0.2) is 4.79 Å². The van der Waals surface area contributed by atoms with Crippen molar-refractivity contribution in [2.75, 3.05) is 5.32 Å². The lowest BCUT2D eigenvalue weighted by Crippen LogP contribution is -2.28. The number of carbonyl (C=O) groups is 2. The van der Waals surface area contributed by atoms with Gasteiger partial charge in [-0.3, -0.25) is 4.79 Å². The Morgan fingerprint density at radius 1 is 0.871 bits per heavy atom. The Bertz CT molecular complexity index is 1110. The third-order valence-corrected chi connectivity index (χ3v) is 5.20. The van der Waals surface area contributed by atoms with Crippen LogP contribution in [-0.4, -0.2) is 18.0 Å². The van der Waals surface area contributed by atoms with Crippen LogP contribution < -0.4 is 14.8 Å². The molecule has 0 aliphatic rings. The zero-order chi connectivity index (χ0) is 22.5. The fourth-order valence-corrected chi connectivity index (χ4v) is 3.04. The molecule has 3 rings (SSSR count). The molecular formula is C24H21Cl2NO4. The number of carbonyl (C=O) groups excluding carboxylic acids is 2. The topological polar surface area (TPSA) is 64.6 Å². The molecule has 1 unspecified atom stereocenters. The van der Waals surface area contributed by atoms with Gasteiger partial charge in [-0.05, 0) is 86.5 Å². The van der Waals surface area contributed by atoms with Crippen LogP contribution in [0.25, 0.3) is 0 Å². The van der Waals surface area contributed by atoms with Crippen molar-refractivity contribution >= 4 is 40.8 Å². The average Bonchev–Trinajstić information content (AvgIpc) is 2.73. The molecule has 0 saturated heterocycles. The number of halogens is 2. The number of nitrogens with one attached hydrogen (secondary N) is 1. The van der Waals surface area contributed by atoms with Gasteiger partial charge in [-0.1, -0.05) is 29.3 Å². The molecule has 1 atom stereocenters. The lowest BCUT2D eigenvalue weighted by molar-refractivity contribution is -0.141.